The average molecular weight is 314 g/mol. The Kier molecular flexibility index (Phi) is 5.17. The zero-order valence-corrected chi connectivity index (χ0v) is 14.0. The summed E-state index contributed by atoms with van der Waals surface area (Å²) in [5.41, 5.74) is 4.31. The van der Waals surface area contributed by atoms with Gasteiger partial charge < -0.3 is 0 Å². The number of aryl methyl sites for hydroxylation is 1. The molecule has 3 rings (SSSR count). The predicted molar refractivity (Wildman–Crippen MR) is 94.5 cm³/mol. The molecule has 1 heterocycles. The maximum absolute atomic E-state index is 5.95. The molecule has 0 aromatic heterocycles. The normalized spacial score (nSPS) is 16.8. The lowest BCUT2D eigenvalue weighted by Gasteiger charge is -2.32. The minimum absolute atomic E-state index is 0.729. The van der Waals surface area contributed by atoms with Gasteiger partial charge in [0.2, 0.25) is 0 Å². The summed E-state index contributed by atoms with van der Waals surface area (Å²) < 4.78 is 0. The van der Waals surface area contributed by atoms with Crippen molar-refractivity contribution in [1.82, 2.24) is 4.90 Å². The van der Waals surface area contributed by atoms with Crippen molar-refractivity contribution in [3.8, 4) is 0 Å². The highest BCUT2D eigenvalue weighted by molar-refractivity contribution is 6.30. The molecule has 0 unspecified atom stereocenters. The molecule has 0 radical (unpaired) electrons. The Morgan fingerprint density at radius 3 is 2.09 bits per heavy atom. The molecule has 0 saturated carbocycles. The van der Waals surface area contributed by atoms with Gasteiger partial charge in [-0.15, -0.1) is 0 Å². The van der Waals surface area contributed by atoms with E-state index in [9.17, 15) is 0 Å². The first-order valence-corrected chi connectivity index (χ1v) is 8.68. The summed E-state index contributed by atoms with van der Waals surface area (Å²) >= 11 is 5.95. The number of hydrogen-bond donors (Lipinski definition) is 0. The first-order valence-electron chi connectivity index (χ1n) is 8.30. The third-order valence-corrected chi connectivity index (χ3v) is 5.02. The molecular weight excluding hydrogens is 290 g/mol. The van der Waals surface area contributed by atoms with Crippen LogP contribution in [0.2, 0.25) is 5.02 Å². The van der Waals surface area contributed by atoms with E-state index in [-0.39, 0.29) is 0 Å². The van der Waals surface area contributed by atoms with Crippen molar-refractivity contribution >= 4 is 11.6 Å². The Bertz CT molecular complexity index is 580. The second kappa shape index (κ2) is 7.30. The van der Waals surface area contributed by atoms with Gasteiger partial charge in [0.05, 0.1) is 0 Å². The van der Waals surface area contributed by atoms with Gasteiger partial charge in [-0.05, 0) is 67.1 Å². The number of rotatable bonds is 4. The molecule has 0 amide bonds. The van der Waals surface area contributed by atoms with Crippen molar-refractivity contribution in [2.45, 2.75) is 38.6 Å². The maximum Gasteiger partial charge on any atom is 0.0406 e. The number of likely N-dealkylation sites (tertiary alicyclic amines) is 1. The smallest absolute Gasteiger partial charge is 0.0406 e. The maximum atomic E-state index is 5.95. The van der Waals surface area contributed by atoms with Crippen LogP contribution < -0.4 is 0 Å². The van der Waals surface area contributed by atoms with E-state index in [0.29, 0.717) is 0 Å². The molecule has 1 saturated heterocycles. The molecule has 2 heteroatoms. The fraction of sp³-hybridized carbons (Fsp3) is 0.400. The molecular formula is C20H24ClN. The minimum Gasteiger partial charge on any atom is -0.299 e. The number of piperidine rings is 1. The van der Waals surface area contributed by atoms with Crippen LogP contribution >= 0.6 is 11.6 Å². The van der Waals surface area contributed by atoms with Gasteiger partial charge in [0.15, 0.2) is 0 Å². The second-order valence-electron chi connectivity index (χ2n) is 6.27. The van der Waals surface area contributed by atoms with Crippen molar-refractivity contribution in [3.63, 3.8) is 0 Å². The lowest BCUT2D eigenvalue weighted by Crippen LogP contribution is -2.32. The van der Waals surface area contributed by atoms with Gasteiger partial charge in [-0.3, -0.25) is 4.90 Å². The van der Waals surface area contributed by atoms with Gasteiger partial charge in [-0.2, -0.15) is 0 Å². The number of halogens is 1. The van der Waals surface area contributed by atoms with Crippen molar-refractivity contribution in [2.75, 3.05) is 13.1 Å². The number of nitrogens with zero attached hydrogens (tertiary/aromatic N) is 1. The Morgan fingerprint density at radius 2 is 1.50 bits per heavy atom. The van der Waals surface area contributed by atoms with Crippen LogP contribution in [0.5, 0.6) is 0 Å². The highest BCUT2D eigenvalue weighted by atomic mass is 35.5. The van der Waals surface area contributed by atoms with Gasteiger partial charge in [0.1, 0.15) is 0 Å². The Morgan fingerprint density at radius 1 is 0.909 bits per heavy atom. The van der Waals surface area contributed by atoms with E-state index >= 15 is 0 Å². The van der Waals surface area contributed by atoms with Gasteiger partial charge >= 0.3 is 0 Å². The molecule has 0 spiro atoms. The van der Waals surface area contributed by atoms with E-state index in [1.165, 1.54) is 42.6 Å². The molecule has 2 aromatic rings. The van der Waals surface area contributed by atoms with E-state index in [1.54, 1.807) is 0 Å². The molecule has 0 N–H and O–H groups in total. The molecule has 116 valence electrons. The van der Waals surface area contributed by atoms with E-state index in [0.717, 1.165) is 23.9 Å². The van der Waals surface area contributed by atoms with Crippen LogP contribution in [0.1, 0.15) is 42.4 Å². The predicted octanol–water partition coefficient (Wildman–Crippen LogP) is 5.28. The van der Waals surface area contributed by atoms with Crippen LogP contribution in [0.3, 0.4) is 0 Å². The van der Waals surface area contributed by atoms with Crippen LogP contribution in [-0.2, 0) is 13.0 Å². The quantitative estimate of drug-likeness (QED) is 0.742. The SMILES string of the molecule is CCc1ccc(C2CCN(Cc3ccc(Cl)cc3)CC2)cc1. The van der Waals surface area contributed by atoms with E-state index in [2.05, 4.69) is 48.2 Å². The van der Waals surface area contributed by atoms with Crippen LogP contribution in [0, 0.1) is 0 Å². The number of hydrogen-bond acceptors (Lipinski definition) is 1. The molecule has 1 nitrogen and oxygen atoms in total. The molecule has 1 aliphatic heterocycles. The second-order valence-corrected chi connectivity index (χ2v) is 6.71. The van der Waals surface area contributed by atoms with E-state index in [1.807, 2.05) is 12.1 Å². The first-order chi connectivity index (χ1) is 10.7. The average Bonchev–Trinajstić information content (AvgIpc) is 2.58. The van der Waals surface area contributed by atoms with E-state index in [4.69, 9.17) is 11.6 Å². The molecule has 0 atom stereocenters. The van der Waals surface area contributed by atoms with Crippen molar-refractivity contribution in [3.05, 3.63) is 70.2 Å². The lowest BCUT2D eigenvalue weighted by molar-refractivity contribution is 0.204. The molecule has 0 aliphatic carbocycles. The monoisotopic (exact) mass is 313 g/mol. The number of benzene rings is 2. The van der Waals surface area contributed by atoms with Crippen molar-refractivity contribution in [1.29, 1.82) is 0 Å². The molecule has 22 heavy (non-hydrogen) atoms. The topological polar surface area (TPSA) is 3.24 Å². The van der Waals surface area contributed by atoms with Crippen LogP contribution in [0.25, 0.3) is 0 Å². The highest BCUT2D eigenvalue weighted by Crippen LogP contribution is 2.29. The summed E-state index contributed by atoms with van der Waals surface area (Å²) in [7, 11) is 0. The fourth-order valence-corrected chi connectivity index (χ4v) is 3.42. The van der Waals surface area contributed by atoms with Gasteiger partial charge in [0, 0.05) is 11.6 Å². The van der Waals surface area contributed by atoms with Crippen molar-refractivity contribution < 1.29 is 0 Å². The summed E-state index contributed by atoms with van der Waals surface area (Å²) in [6.45, 7) is 5.62. The molecule has 1 fully saturated rings. The van der Waals surface area contributed by atoms with E-state index < -0.39 is 0 Å². The van der Waals surface area contributed by atoms with Gasteiger partial charge in [0.25, 0.3) is 0 Å². The molecule has 1 aliphatic rings. The summed E-state index contributed by atoms with van der Waals surface area (Å²) in [6, 6.07) is 17.5. The Labute approximate surface area is 138 Å². The summed E-state index contributed by atoms with van der Waals surface area (Å²) in [4.78, 5) is 2.56. The standard InChI is InChI=1S/C20H24ClN/c1-2-16-3-7-18(8-4-16)19-11-13-22(14-12-19)15-17-5-9-20(21)10-6-17/h3-10,19H,2,11-15H2,1H3. The largest absolute Gasteiger partial charge is 0.299 e. The fourth-order valence-electron chi connectivity index (χ4n) is 3.30. The minimum atomic E-state index is 0.729. The molecule has 0 bridgehead atoms. The third-order valence-electron chi connectivity index (χ3n) is 4.77. The van der Waals surface area contributed by atoms with Gasteiger partial charge in [-0.25, -0.2) is 0 Å². The zero-order chi connectivity index (χ0) is 15.4. The Hall–Kier alpha value is -1.31. The van der Waals surface area contributed by atoms with Crippen LogP contribution in [0.4, 0.5) is 0 Å². The van der Waals surface area contributed by atoms with Crippen molar-refractivity contribution in [2.24, 2.45) is 0 Å². The van der Waals surface area contributed by atoms with Crippen LogP contribution in [-0.4, -0.2) is 18.0 Å². The Balaban J connectivity index is 1.54. The first kappa shape index (κ1) is 15.6. The lowest BCUT2D eigenvalue weighted by atomic mass is 9.88. The third kappa shape index (κ3) is 3.91. The van der Waals surface area contributed by atoms with Crippen LogP contribution in [0.15, 0.2) is 48.5 Å². The van der Waals surface area contributed by atoms with Gasteiger partial charge in [-0.1, -0.05) is 54.9 Å². The summed E-state index contributed by atoms with van der Waals surface area (Å²) in [5, 5.41) is 0.818. The highest BCUT2D eigenvalue weighted by Gasteiger charge is 2.20. The zero-order valence-electron chi connectivity index (χ0n) is 13.3. The summed E-state index contributed by atoms with van der Waals surface area (Å²) in [5.74, 6) is 0.729. The summed E-state index contributed by atoms with van der Waals surface area (Å²) in [6.07, 6.45) is 3.65. The molecule has 2 aromatic carbocycles.